The Labute approximate surface area is 111 Å². The van der Waals surface area contributed by atoms with Crippen LogP contribution in [-0.4, -0.2) is 37.9 Å². The average molecular weight is 277 g/mol. The maximum atomic E-state index is 12.3. The van der Waals surface area contributed by atoms with E-state index in [0.29, 0.717) is 13.1 Å². The molecule has 2 unspecified atom stereocenters. The fourth-order valence-corrected chi connectivity index (χ4v) is 4.09. The number of nitrogens with one attached hydrogen (secondary N) is 1. The first kappa shape index (κ1) is 15.9. The van der Waals surface area contributed by atoms with Gasteiger partial charge in [-0.15, -0.1) is 0 Å². The Morgan fingerprint density at radius 2 is 1.72 bits per heavy atom. The summed E-state index contributed by atoms with van der Waals surface area (Å²) in [4.78, 5) is 0. The van der Waals surface area contributed by atoms with Gasteiger partial charge in [0.05, 0.1) is 0 Å². The molecule has 0 aromatic heterocycles. The van der Waals surface area contributed by atoms with Gasteiger partial charge in [-0.2, -0.15) is 17.4 Å². The first-order chi connectivity index (χ1) is 8.51. The SMILES string of the molecule is CCCN(CCC)S(=O)(=O)NC1CCCCC1N. The van der Waals surface area contributed by atoms with Gasteiger partial charge in [-0.05, 0) is 25.7 Å². The van der Waals surface area contributed by atoms with E-state index in [9.17, 15) is 8.42 Å². The third-order valence-corrected chi connectivity index (χ3v) is 5.05. The first-order valence-corrected chi connectivity index (χ1v) is 8.48. The second-order valence-corrected chi connectivity index (χ2v) is 6.78. The molecule has 0 aromatic rings. The number of hydrogen-bond acceptors (Lipinski definition) is 3. The maximum absolute atomic E-state index is 12.3. The molecule has 1 fully saturated rings. The van der Waals surface area contributed by atoms with Crippen molar-refractivity contribution in [2.45, 2.75) is 64.5 Å². The smallest absolute Gasteiger partial charge is 0.279 e. The molecule has 3 N–H and O–H groups in total. The average Bonchev–Trinajstić information content (AvgIpc) is 2.32. The summed E-state index contributed by atoms with van der Waals surface area (Å²) in [5, 5.41) is 0. The molecule has 18 heavy (non-hydrogen) atoms. The van der Waals surface area contributed by atoms with E-state index >= 15 is 0 Å². The van der Waals surface area contributed by atoms with Crippen LogP contribution in [0.15, 0.2) is 0 Å². The van der Waals surface area contributed by atoms with Crippen LogP contribution in [0.3, 0.4) is 0 Å². The molecule has 1 aliphatic carbocycles. The van der Waals surface area contributed by atoms with E-state index in [2.05, 4.69) is 4.72 Å². The molecule has 0 aromatic carbocycles. The third-order valence-electron chi connectivity index (χ3n) is 3.41. The van der Waals surface area contributed by atoms with Crippen molar-refractivity contribution in [3.05, 3.63) is 0 Å². The summed E-state index contributed by atoms with van der Waals surface area (Å²) in [6.45, 7) is 5.13. The Balaban J connectivity index is 2.65. The fraction of sp³-hybridized carbons (Fsp3) is 1.00. The van der Waals surface area contributed by atoms with Crippen LogP contribution >= 0.6 is 0 Å². The number of nitrogens with two attached hydrogens (primary N) is 1. The zero-order valence-corrected chi connectivity index (χ0v) is 12.4. The first-order valence-electron chi connectivity index (χ1n) is 7.04. The summed E-state index contributed by atoms with van der Waals surface area (Å²) < 4.78 is 28.9. The second kappa shape index (κ2) is 7.43. The van der Waals surface area contributed by atoms with Gasteiger partial charge >= 0.3 is 0 Å². The highest BCUT2D eigenvalue weighted by Crippen LogP contribution is 2.18. The Morgan fingerprint density at radius 3 is 2.22 bits per heavy atom. The van der Waals surface area contributed by atoms with Crippen LogP contribution in [0.5, 0.6) is 0 Å². The molecule has 0 radical (unpaired) electrons. The largest absolute Gasteiger partial charge is 0.326 e. The summed E-state index contributed by atoms with van der Waals surface area (Å²) in [5.41, 5.74) is 5.99. The summed E-state index contributed by atoms with van der Waals surface area (Å²) in [5.74, 6) is 0. The van der Waals surface area contributed by atoms with Crippen LogP contribution in [0.2, 0.25) is 0 Å². The molecular formula is C12H27N3O2S. The van der Waals surface area contributed by atoms with E-state index in [0.717, 1.165) is 38.5 Å². The van der Waals surface area contributed by atoms with Crippen LogP contribution in [0, 0.1) is 0 Å². The summed E-state index contributed by atoms with van der Waals surface area (Å²) >= 11 is 0. The third kappa shape index (κ3) is 4.50. The number of rotatable bonds is 7. The van der Waals surface area contributed by atoms with Crippen molar-refractivity contribution in [1.82, 2.24) is 9.03 Å². The van der Waals surface area contributed by atoms with E-state index in [4.69, 9.17) is 5.73 Å². The lowest BCUT2D eigenvalue weighted by Gasteiger charge is -2.31. The summed E-state index contributed by atoms with van der Waals surface area (Å²) in [7, 11) is -3.38. The quantitative estimate of drug-likeness (QED) is 0.734. The summed E-state index contributed by atoms with van der Waals surface area (Å²) in [6, 6.07) is -0.140. The fourth-order valence-electron chi connectivity index (χ4n) is 2.42. The Bertz CT molecular complexity index is 326. The molecule has 0 bridgehead atoms. The van der Waals surface area contributed by atoms with Crippen LogP contribution < -0.4 is 10.5 Å². The van der Waals surface area contributed by atoms with E-state index in [1.165, 1.54) is 4.31 Å². The van der Waals surface area contributed by atoms with Gasteiger partial charge in [0.2, 0.25) is 0 Å². The predicted molar refractivity (Wildman–Crippen MR) is 74.4 cm³/mol. The minimum Gasteiger partial charge on any atom is -0.326 e. The lowest BCUT2D eigenvalue weighted by Crippen LogP contribution is -2.53. The highest BCUT2D eigenvalue weighted by atomic mass is 32.2. The van der Waals surface area contributed by atoms with E-state index in [-0.39, 0.29) is 12.1 Å². The second-order valence-electron chi connectivity index (χ2n) is 5.08. The van der Waals surface area contributed by atoms with E-state index < -0.39 is 10.2 Å². The van der Waals surface area contributed by atoms with E-state index in [1.54, 1.807) is 0 Å². The van der Waals surface area contributed by atoms with Crippen molar-refractivity contribution in [2.24, 2.45) is 5.73 Å². The minimum atomic E-state index is -3.38. The molecule has 6 heteroatoms. The lowest BCUT2D eigenvalue weighted by molar-refractivity contribution is 0.341. The molecule has 2 atom stereocenters. The van der Waals surface area contributed by atoms with Crippen LogP contribution in [0.1, 0.15) is 52.4 Å². The van der Waals surface area contributed by atoms with Gasteiger partial charge in [-0.1, -0.05) is 26.7 Å². The zero-order chi connectivity index (χ0) is 13.6. The molecule has 0 heterocycles. The van der Waals surface area contributed by atoms with Gasteiger partial charge < -0.3 is 5.73 Å². The topological polar surface area (TPSA) is 75.4 Å². The molecule has 1 aliphatic rings. The standard InChI is InChI=1S/C12H27N3O2S/c1-3-9-15(10-4-2)18(16,17)14-12-8-6-5-7-11(12)13/h11-12,14H,3-10,13H2,1-2H3. The molecule has 1 saturated carbocycles. The zero-order valence-electron chi connectivity index (χ0n) is 11.6. The van der Waals surface area contributed by atoms with Crippen molar-refractivity contribution in [1.29, 1.82) is 0 Å². The van der Waals surface area contributed by atoms with Crippen molar-refractivity contribution in [3.8, 4) is 0 Å². The highest BCUT2D eigenvalue weighted by Gasteiger charge is 2.29. The van der Waals surface area contributed by atoms with Crippen LogP contribution in [0.25, 0.3) is 0 Å². The van der Waals surface area contributed by atoms with Crippen molar-refractivity contribution in [2.75, 3.05) is 13.1 Å². The molecule has 108 valence electrons. The maximum Gasteiger partial charge on any atom is 0.279 e. The molecule has 1 rings (SSSR count). The monoisotopic (exact) mass is 277 g/mol. The van der Waals surface area contributed by atoms with Gasteiger partial charge in [0.15, 0.2) is 0 Å². The number of nitrogens with zero attached hydrogens (tertiary/aromatic N) is 1. The molecule has 5 nitrogen and oxygen atoms in total. The van der Waals surface area contributed by atoms with Gasteiger partial charge in [0.1, 0.15) is 0 Å². The van der Waals surface area contributed by atoms with Gasteiger partial charge in [0, 0.05) is 25.2 Å². The van der Waals surface area contributed by atoms with Crippen molar-refractivity contribution >= 4 is 10.2 Å². The van der Waals surface area contributed by atoms with Crippen LogP contribution in [-0.2, 0) is 10.2 Å². The summed E-state index contributed by atoms with van der Waals surface area (Å²) in [6.07, 6.45) is 5.59. The Hall–Kier alpha value is -0.170. The molecule has 0 amide bonds. The molecule has 0 spiro atoms. The Kier molecular flexibility index (Phi) is 6.55. The number of hydrogen-bond donors (Lipinski definition) is 2. The molecule has 0 aliphatic heterocycles. The van der Waals surface area contributed by atoms with Crippen molar-refractivity contribution < 1.29 is 8.42 Å². The molecular weight excluding hydrogens is 250 g/mol. The van der Waals surface area contributed by atoms with Crippen molar-refractivity contribution in [3.63, 3.8) is 0 Å². The van der Waals surface area contributed by atoms with Gasteiger partial charge in [0.25, 0.3) is 10.2 Å². The highest BCUT2D eigenvalue weighted by molar-refractivity contribution is 7.87. The van der Waals surface area contributed by atoms with Gasteiger partial charge in [-0.25, -0.2) is 0 Å². The van der Waals surface area contributed by atoms with Crippen LogP contribution in [0.4, 0.5) is 0 Å². The van der Waals surface area contributed by atoms with Gasteiger partial charge in [-0.3, -0.25) is 0 Å². The normalized spacial score (nSPS) is 25.6. The minimum absolute atomic E-state index is 0.0429. The molecule has 0 saturated heterocycles. The lowest BCUT2D eigenvalue weighted by atomic mass is 9.92. The van der Waals surface area contributed by atoms with E-state index in [1.807, 2.05) is 13.8 Å². The Morgan fingerprint density at radius 1 is 1.17 bits per heavy atom. The predicted octanol–water partition coefficient (Wildman–Crippen LogP) is 1.21.